The van der Waals surface area contributed by atoms with Crippen molar-refractivity contribution < 1.29 is 14.7 Å². The fourth-order valence-electron chi connectivity index (χ4n) is 3.12. The van der Waals surface area contributed by atoms with Gasteiger partial charge in [0, 0.05) is 33.5 Å². The number of carbonyl (C=O) groups excluding carboxylic acids is 2. The third-order valence-corrected chi connectivity index (χ3v) is 4.46. The van der Waals surface area contributed by atoms with Gasteiger partial charge in [-0.3, -0.25) is 14.5 Å². The molecule has 1 aromatic heterocycles. The number of amides is 1. The number of aryl methyl sites for hydroxylation is 1. The average molecular weight is 292 g/mol. The number of ketones is 1. The number of aromatic nitrogens is 2. The van der Waals surface area contributed by atoms with Gasteiger partial charge < -0.3 is 14.6 Å². The maximum atomic E-state index is 12.6. The van der Waals surface area contributed by atoms with Crippen LogP contribution >= 0.6 is 0 Å². The van der Waals surface area contributed by atoms with Crippen molar-refractivity contribution in [3.63, 3.8) is 0 Å². The molecule has 21 heavy (non-hydrogen) atoms. The summed E-state index contributed by atoms with van der Waals surface area (Å²) in [7, 11) is 3.49. The number of hydrogen-bond donors (Lipinski definition) is 1. The van der Waals surface area contributed by atoms with Gasteiger partial charge in [-0.2, -0.15) is 0 Å². The molecule has 1 fully saturated rings. The normalized spacial score (nSPS) is 23.7. The van der Waals surface area contributed by atoms with Gasteiger partial charge in [-0.1, -0.05) is 0 Å². The summed E-state index contributed by atoms with van der Waals surface area (Å²) < 4.78 is 1.68. The number of anilines is 1. The van der Waals surface area contributed by atoms with Crippen LogP contribution in [0.15, 0.2) is 6.33 Å². The highest BCUT2D eigenvalue weighted by molar-refractivity contribution is 5.99. The Kier molecular flexibility index (Phi) is 3.44. The molecule has 1 amide bonds. The molecule has 0 bridgehead atoms. The predicted molar refractivity (Wildman–Crippen MR) is 75.6 cm³/mol. The van der Waals surface area contributed by atoms with Crippen LogP contribution < -0.4 is 4.90 Å². The van der Waals surface area contributed by atoms with Crippen molar-refractivity contribution in [1.82, 2.24) is 14.5 Å². The number of fused-ring (bicyclic) bond motifs is 1. The van der Waals surface area contributed by atoms with Crippen LogP contribution in [0.2, 0.25) is 0 Å². The third kappa shape index (κ3) is 2.31. The fraction of sp³-hybridized carbons (Fsp3) is 0.643. The monoisotopic (exact) mass is 292 g/mol. The molecule has 1 aliphatic heterocycles. The first-order chi connectivity index (χ1) is 9.99. The molecule has 7 heteroatoms. The van der Waals surface area contributed by atoms with E-state index in [1.807, 2.05) is 0 Å². The Bertz CT molecular complexity index is 573. The van der Waals surface area contributed by atoms with E-state index in [-0.39, 0.29) is 11.8 Å². The van der Waals surface area contributed by atoms with Gasteiger partial charge in [0.25, 0.3) is 5.91 Å². The van der Waals surface area contributed by atoms with Crippen LogP contribution in [0.4, 0.5) is 5.82 Å². The molecule has 1 saturated carbocycles. The van der Waals surface area contributed by atoms with E-state index in [2.05, 4.69) is 4.98 Å². The lowest BCUT2D eigenvalue weighted by atomic mass is 9.88. The first-order valence-electron chi connectivity index (χ1n) is 7.24. The Hall–Kier alpha value is -1.89. The maximum Gasteiger partial charge on any atom is 0.277 e. The number of nitrogens with zero attached hydrogens (tertiary/aromatic N) is 4. The average Bonchev–Trinajstić information content (AvgIpc) is 2.85. The Balaban J connectivity index is 1.81. The summed E-state index contributed by atoms with van der Waals surface area (Å²) in [5.74, 6) is 0.866. The van der Waals surface area contributed by atoms with Gasteiger partial charge in [0.15, 0.2) is 11.5 Å². The van der Waals surface area contributed by atoms with Crippen LogP contribution in [-0.2, 0) is 11.8 Å². The minimum Gasteiger partial charge on any atom is -0.356 e. The largest absolute Gasteiger partial charge is 0.356 e. The lowest BCUT2D eigenvalue weighted by Gasteiger charge is -2.40. The highest BCUT2D eigenvalue weighted by Crippen LogP contribution is 2.30. The number of Topliss-reactive ketones (excluding diaryl/α,β-unsaturated/α-hetero) is 1. The van der Waals surface area contributed by atoms with E-state index in [1.54, 1.807) is 29.9 Å². The molecule has 0 spiro atoms. The van der Waals surface area contributed by atoms with Gasteiger partial charge in [-0.15, -0.1) is 0 Å². The quantitative estimate of drug-likeness (QED) is 0.851. The molecule has 0 aromatic carbocycles. The van der Waals surface area contributed by atoms with Crippen molar-refractivity contribution in [2.24, 2.45) is 13.0 Å². The molecule has 2 aliphatic rings. The van der Waals surface area contributed by atoms with Crippen molar-refractivity contribution in [3.8, 4) is 0 Å². The number of imidazole rings is 1. The van der Waals surface area contributed by atoms with Crippen molar-refractivity contribution in [2.75, 3.05) is 18.5 Å². The summed E-state index contributed by atoms with van der Waals surface area (Å²) >= 11 is 0. The van der Waals surface area contributed by atoms with Crippen molar-refractivity contribution >= 4 is 17.5 Å². The summed E-state index contributed by atoms with van der Waals surface area (Å²) in [6, 6.07) is 0. The molecule has 2 heterocycles. The number of carbonyl (C=O) groups is 2. The van der Waals surface area contributed by atoms with Crippen LogP contribution in [0.3, 0.4) is 0 Å². The summed E-state index contributed by atoms with van der Waals surface area (Å²) in [6.45, 7) is 0.474. The first kappa shape index (κ1) is 14.1. The molecule has 1 N–H and O–H groups in total. The summed E-state index contributed by atoms with van der Waals surface area (Å²) in [4.78, 5) is 31.2. The van der Waals surface area contributed by atoms with Crippen molar-refractivity contribution in [3.05, 3.63) is 12.0 Å². The van der Waals surface area contributed by atoms with Crippen molar-refractivity contribution in [2.45, 2.75) is 32.0 Å². The SMILES string of the molecule is CN1c2ncn(C)c2C(=O)N(CC2CCC(=O)CC2)C1O. The zero-order valence-electron chi connectivity index (χ0n) is 12.3. The number of aliphatic hydroxyl groups is 1. The molecular formula is C14H20N4O3. The predicted octanol–water partition coefficient (Wildman–Crippen LogP) is 0.347. The number of hydrogen-bond acceptors (Lipinski definition) is 5. The van der Waals surface area contributed by atoms with Crippen LogP contribution in [0.5, 0.6) is 0 Å². The second-order valence-corrected chi connectivity index (χ2v) is 5.92. The van der Waals surface area contributed by atoms with Gasteiger partial charge in [0.2, 0.25) is 6.35 Å². The van der Waals surface area contributed by atoms with Gasteiger partial charge in [-0.05, 0) is 18.8 Å². The van der Waals surface area contributed by atoms with Crippen LogP contribution in [0, 0.1) is 5.92 Å². The van der Waals surface area contributed by atoms with Gasteiger partial charge in [0.1, 0.15) is 5.78 Å². The molecule has 114 valence electrons. The summed E-state index contributed by atoms with van der Waals surface area (Å²) in [5, 5.41) is 10.4. The van der Waals surface area contributed by atoms with E-state index >= 15 is 0 Å². The molecule has 0 saturated heterocycles. The third-order valence-electron chi connectivity index (χ3n) is 4.46. The number of aliphatic hydroxyl groups excluding tert-OH is 1. The molecule has 0 radical (unpaired) electrons. The molecular weight excluding hydrogens is 272 g/mol. The minimum absolute atomic E-state index is 0.201. The first-order valence-corrected chi connectivity index (χ1v) is 7.24. The number of rotatable bonds is 2. The standard InChI is InChI=1S/C14H20N4O3/c1-16-8-15-12-11(16)13(20)18(14(21)17(12)2)7-9-3-5-10(19)6-4-9/h8-9,14,21H,3-7H2,1-2H3. The van der Waals surface area contributed by atoms with E-state index in [1.165, 1.54) is 4.90 Å². The van der Waals surface area contributed by atoms with E-state index in [0.717, 1.165) is 12.8 Å². The fourth-order valence-corrected chi connectivity index (χ4v) is 3.12. The Labute approximate surface area is 123 Å². The van der Waals surface area contributed by atoms with Crippen LogP contribution in [-0.4, -0.2) is 51.2 Å². The molecule has 1 aliphatic carbocycles. The van der Waals surface area contributed by atoms with E-state index in [4.69, 9.17) is 0 Å². The summed E-state index contributed by atoms with van der Waals surface area (Å²) in [6.07, 6.45) is 3.31. The highest BCUT2D eigenvalue weighted by atomic mass is 16.3. The van der Waals surface area contributed by atoms with Crippen LogP contribution in [0.1, 0.15) is 36.2 Å². The second-order valence-electron chi connectivity index (χ2n) is 5.92. The van der Waals surface area contributed by atoms with E-state index < -0.39 is 6.35 Å². The molecule has 1 atom stereocenters. The summed E-state index contributed by atoms with van der Waals surface area (Å²) in [5.41, 5.74) is 0.495. The van der Waals surface area contributed by atoms with Crippen LogP contribution in [0.25, 0.3) is 0 Å². The lowest BCUT2D eigenvalue weighted by molar-refractivity contribution is -0.121. The van der Waals surface area contributed by atoms with Crippen molar-refractivity contribution in [1.29, 1.82) is 0 Å². The van der Waals surface area contributed by atoms with E-state index in [0.29, 0.717) is 36.7 Å². The smallest absolute Gasteiger partial charge is 0.277 e. The van der Waals surface area contributed by atoms with Gasteiger partial charge in [0.05, 0.1) is 6.33 Å². The Morgan fingerprint density at radius 3 is 2.62 bits per heavy atom. The topological polar surface area (TPSA) is 78.7 Å². The van der Waals surface area contributed by atoms with Gasteiger partial charge in [-0.25, -0.2) is 4.98 Å². The Morgan fingerprint density at radius 1 is 1.29 bits per heavy atom. The molecule has 3 rings (SSSR count). The van der Waals surface area contributed by atoms with E-state index in [9.17, 15) is 14.7 Å². The zero-order chi connectivity index (χ0) is 15.1. The zero-order valence-corrected chi connectivity index (χ0v) is 12.3. The maximum absolute atomic E-state index is 12.6. The molecule has 7 nitrogen and oxygen atoms in total. The van der Waals surface area contributed by atoms with Gasteiger partial charge >= 0.3 is 0 Å². The second kappa shape index (κ2) is 5.14. The minimum atomic E-state index is -1.00. The molecule has 1 unspecified atom stereocenters. The lowest BCUT2D eigenvalue weighted by Crippen LogP contribution is -2.55. The highest BCUT2D eigenvalue weighted by Gasteiger charge is 2.39. The molecule has 1 aromatic rings. The Morgan fingerprint density at radius 2 is 1.95 bits per heavy atom.